The fourth-order valence-corrected chi connectivity index (χ4v) is 0.919. The standard InChI is InChI=1S/C10H20O3/c1-4-6-13-10(12)7-9(11)8(3)5-2/h8-9,11H,4-7H2,1-3H3. The van der Waals surface area contributed by atoms with Gasteiger partial charge in [-0.3, -0.25) is 4.79 Å². The summed E-state index contributed by atoms with van der Waals surface area (Å²) in [5.74, 6) is -0.135. The SMILES string of the molecule is CCCOC(=O)CC(O)C(C)CC. The van der Waals surface area contributed by atoms with Crippen LogP contribution in [0, 0.1) is 5.92 Å². The predicted octanol–water partition coefficient (Wildman–Crippen LogP) is 1.74. The summed E-state index contributed by atoms with van der Waals surface area (Å²) < 4.78 is 4.86. The zero-order chi connectivity index (χ0) is 10.3. The molecule has 0 aromatic heterocycles. The normalized spacial score (nSPS) is 15.1. The van der Waals surface area contributed by atoms with Gasteiger partial charge in [-0.2, -0.15) is 0 Å². The second-order valence-electron chi connectivity index (χ2n) is 3.38. The molecule has 0 aliphatic carbocycles. The number of hydrogen-bond acceptors (Lipinski definition) is 3. The van der Waals surface area contributed by atoms with Crippen molar-refractivity contribution < 1.29 is 14.6 Å². The van der Waals surface area contributed by atoms with E-state index in [-0.39, 0.29) is 18.3 Å². The first-order valence-electron chi connectivity index (χ1n) is 4.95. The molecule has 0 radical (unpaired) electrons. The van der Waals surface area contributed by atoms with Crippen molar-refractivity contribution in [3.8, 4) is 0 Å². The molecule has 0 saturated carbocycles. The predicted molar refractivity (Wildman–Crippen MR) is 51.3 cm³/mol. The van der Waals surface area contributed by atoms with E-state index in [1.165, 1.54) is 0 Å². The van der Waals surface area contributed by atoms with E-state index in [0.29, 0.717) is 6.61 Å². The van der Waals surface area contributed by atoms with Gasteiger partial charge in [0, 0.05) is 0 Å². The molecule has 0 rings (SSSR count). The van der Waals surface area contributed by atoms with Crippen LogP contribution in [0.2, 0.25) is 0 Å². The zero-order valence-electron chi connectivity index (χ0n) is 8.75. The third-order valence-electron chi connectivity index (χ3n) is 2.14. The second kappa shape index (κ2) is 6.89. The van der Waals surface area contributed by atoms with Crippen LogP contribution in [-0.4, -0.2) is 23.8 Å². The van der Waals surface area contributed by atoms with Crippen molar-refractivity contribution in [3.63, 3.8) is 0 Å². The van der Waals surface area contributed by atoms with Crippen LogP contribution in [0.25, 0.3) is 0 Å². The van der Waals surface area contributed by atoms with Crippen molar-refractivity contribution >= 4 is 5.97 Å². The van der Waals surface area contributed by atoms with E-state index in [1.54, 1.807) is 0 Å². The first kappa shape index (κ1) is 12.4. The fraction of sp³-hybridized carbons (Fsp3) is 0.900. The number of aliphatic hydroxyl groups is 1. The minimum atomic E-state index is -0.561. The van der Waals surface area contributed by atoms with Gasteiger partial charge in [-0.05, 0) is 12.3 Å². The lowest BCUT2D eigenvalue weighted by Gasteiger charge is -2.15. The van der Waals surface area contributed by atoms with Gasteiger partial charge in [-0.25, -0.2) is 0 Å². The quantitative estimate of drug-likeness (QED) is 0.646. The molecule has 0 bridgehead atoms. The molecule has 0 aliphatic rings. The first-order valence-corrected chi connectivity index (χ1v) is 4.95. The number of hydrogen-bond donors (Lipinski definition) is 1. The third kappa shape index (κ3) is 5.64. The highest BCUT2D eigenvalue weighted by Gasteiger charge is 2.16. The maximum absolute atomic E-state index is 11.1. The van der Waals surface area contributed by atoms with Crippen LogP contribution in [0.15, 0.2) is 0 Å². The fourth-order valence-electron chi connectivity index (χ4n) is 0.919. The molecule has 0 aliphatic heterocycles. The zero-order valence-corrected chi connectivity index (χ0v) is 8.75. The minimum absolute atomic E-state index is 0.120. The molecule has 0 aromatic carbocycles. The number of aliphatic hydroxyl groups excluding tert-OH is 1. The van der Waals surface area contributed by atoms with Crippen LogP contribution in [0.3, 0.4) is 0 Å². The van der Waals surface area contributed by atoms with Crippen molar-refractivity contribution in [3.05, 3.63) is 0 Å². The Kier molecular flexibility index (Phi) is 6.59. The highest BCUT2D eigenvalue weighted by molar-refractivity contribution is 5.69. The highest BCUT2D eigenvalue weighted by atomic mass is 16.5. The second-order valence-corrected chi connectivity index (χ2v) is 3.38. The lowest BCUT2D eigenvalue weighted by atomic mass is 10.00. The lowest BCUT2D eigenvalue weighted by molar-refractivity contribution is -0.146. The molecule has 78 valence electrons. The Labute approximate surface area is 80.1 Å². The van der Waals surface area contributed by atoms with E-state index in [1.807, 2.05) is 20.8 Å². The Morgan fingerprint density at radius 1 is 1.46 bits per heavy atom. The van der Waals surface area contributed by atoms with Crippen LogP contribution >= 0.6 is 0 Å². The molecule has 13 heavy (non-hydrogen) atoms. The Balaban J connectivity index is 3.64. The van der Waals surface area contributed by atoms with Gasteiger partial charge in [0.15, 0.2) is 0 Å². The Hall–Kier alpha value is -0.570. The summed E-state index contributed by atoms with van der Waals surface area (Å²) in [5, 5.41) is 9.49. The van der Waals surface area contributed by atoms with Crippen molar-refractivity contribution in [1.82, 2.24) is 0 Å². The Morgan fingerprint density at radius 2 is 2.08 bits per heavy atom. The number of ether oxygens (including phenoxy) is 1. The monoisotopic (exact) mass is 188 g/mol. The summed E-state index contributed by atoms with van der Waals surface area (Å²) in [5.41, 5.74) is 0. The maximum atomic E-state index is 11.1. The van der Waals surface area contributed by atoms with Gasteiger partial charge in [0.2, 0.25) is 0 Å². The topological polar surface area (TPSA) is 46.5 Å². The van der Waals surface area contributed by atoms with E-state index in [2.05, 4.69) is 0 Å². The largest absolute Gasteiger partial charge is 0.466 e. The van der Waals surface area contributed by atoms with Crippen LogP contribution in [0.1, 0.15) is 40.0 Å². The van der Waals surface area contributed by atoms with Gasteiger partial charge >= 0.3 is 5.97 Å². The lowest BCUT2D eigenvalue weighted by Crippen LogP contribution is -2.22. The summed E-state index contributed by atoms with van der Waals surface area (Å²) in [6.07, 6.45) is 1.26. The number of carbonyl (C=O) groups excluding carboxylic acids is 1. The molecule has 0 saturated heterocycles. The first-order chi connectivity index (χ1) is 6.11. The molecule has 3 nitrogen and oxygen atoms in total. The van der Waals surface area contributed by atoms with Gasteiger partial charge in [0.25, 0.3) is 0 Å². The summed E-state index contributed by atoms with van der Waals surface area (Å²) >= 11 is 0. The van der Waals surface area contributed by atoms with E-state index in [4.69, 9.17) is 4.74 Å². The Morgan fingerprint density at radius 3 is 2.54 bits per heavy atom. The molecule has 0 aromatic rings. The summed E-state index contributed by atoms with van der Waals surface area (Å²) in [6.45, 7) is 6.31. The van der Waals surface area contributed by atoms with Crippen molar-refractivity contribution in [2.45, 2.75) is 46.1 Å². The molecule has 2 unspecified atom stereocenters. The van der Waals surface area contributed by atoms with E-state index in [0.717, 1.165) is 12.8 Å². The molecule has 0 heterocycles. The molecule has 0 amide bonds. The molecule has 2 atom stereocenters. The smallest absolute Gasteiger partial charge is 0.308 e. The molecular formula is C10H20O3. The van der Waals surface area contributed by atoms with Gasteiger partial charge in [-0.1, -0.05) is 27.2 Å². The third-order valence-corrected chi connectivity index (χ3v) is 2.14. The maximum Gasteiger partial charge on any atom is 0.308 e. The van der Waals surface area contributed by atoms with Crippen molar-refractivity contribution in [1.29, 1.82) is 0 Å². The summed E-state index contributed by atoms with van der Waals surface area (Å²) in [6, 6.07) is 0. The Bertz CT molecular complexity index is 145. The number of rotatable bonds is 6. The van der Waals surface area contributed by atoms with Crippen molar-refractivity contribution in [2.24, 2.45) is 5.92 Å². The summed E-state index contributed by atoms with van der Waals surface area (Å²) in [7, 11) is 0. The van der Waals surface area contributed by atoms with Gasteiger partial charge in [-0.15, -0.1) is 0 Å². The van der Waals surface area contributed by atoms with Crippen LogP contribution in [0.5, 0.6) is 0 Å². The molecule has 0 spiro atoms. The van der Waals surface area contributed by atoms with E-state index >= 15 is 0 Å². The minimum Gasteiger partial charge on any atom is -0.466 e. The molecule has 3 heteroatoms. The van der Waals surface area contributed by atoms with Crippen LogP contribution in [-0.2, 0) is 9.53 Å². The highest BCUT2D eigenvalue weighted by Crippen LogP contribution is 2.11. The van der Waals surface area contributed by atoms with Crippen LogP contribution in [0.4, 0.5) is 0 Å². The molecule has 0 fully saturated rings. The summed E-state index contributed by atoms with van der Waals surface area (Å²) in [4.78, 5) is 11.1. The number of esters is 1. The molecular weight excluding hydrogens is 168 g/mol. The average Bonchev–Trinajstić information content (AvgIpc) is 2.13. The van der Waals surface area contributed by atoms with Gasteiger partial charge < -0.3 is 9.84 Å². The average molecular weight is 188 g/mol. The van der Waals surface area contributed by atoms with Gasteiger partial charge in [0.05, 0.1) is 19.1 Å². The van der Waals surface area contributed by atoms with Gasteiger partial charge in [0.1, 0.15) is 0 Å². The number of carbonyl (C=O) groups is 1. The van der Waals surface area contributed by atoms with E-state index < -0.39 is 6.10 Å². The van der Waals surface area contributed by atoms with Crippen LogP contribution < -0.4 is 0 Å². The van der Waals surface area contributed by atoms with E-state index in [9.17, 15) is 9.90 Å². The molecule has 1 N–H and O–H groups in total. The van der Waals surface area contributed by atoms with Crippen molar-refractivity contribution in [2.75, 3.05) is 6.61 Å².